The Bertz CT molecular complexity index is 3910. The Balaban J connectivity index is 0.965. The summed E-state index contributed by atoms with van der Waals surface area (Å²) in [6, 6.07) is 78.7. The topological polar surface area (TPSA) is 35.6 Å². The van der Waals surface area contributed by atoms with Crippen LogP contribution in [0.25, 0.3) is 121 Å². The number of nitrogens with zero attached hydrogens (tertiary/aromatic N) is 4. The summed E-state index contributed by atoms with van der Waals surface area (Å²) in [7, 11) is 0. The fraction of sp³-hybridized carbons (Fsp3) is 0. The summed E-state index contributed by atoms with van der Waals surface area (Å²) < 4.78 is 4.78. The largest absolute Gasteiger partial charge is 0.309 e. The molecule has 0 radical (unpaired) electrons. The highest BCUT2D eigenvalue weighted by atomic mass is 15.0. The maximum absolute atomic E-state index is 5.38. The molecule has 0 fully saturated rings. The van der Waals surface area contributed by atoms with E-state index in [9.17, 15) is 0 Å². The lowest BCUT2D eigenvalue weighted by atomic mass is 9.99. The molecule has 10 aromatic carbocycles. The molecular weight excluding hydrogens is 753 g/mol. The summed E-state index contributed by atoms with van der Waals surface area (Å²) in [6.45, 7) is 0. The summed E-state index contributed by atoms with van der Waals surface area (Å²) >= 11 is 0. The van der Waals surface area contributed by atoms with Gasteiger partial charge in [0.05, 0.1) is 33.3 Å². The number of fused-ring (bicyclic) bond motifs is 10. The predicted octanol–water partition coefficient (Wildman–Crippen LogP) is 15.1. The highest BCUT2D eigenvalue weighted by Crippen LogP contribution is 2.40. The maximum Gasteiger partial charge on any atom is 0.160 e. The zero-order chi connectivity index (χ0) is 40.7. The Kier molecular flexibility index (Phi) is 7.57. The second kappa shape index (κ2) is 13.6. The molecule has 0 aliphatic carbocycles. The first-order valence-electron chi connectivity index (χ1n) is 21.2. The Hall–Kier alpha value is -8.34. The SMILES string of the molecule is c1ccc(-n2c3ccccc3c3cc(-c4ccc5c6ccccc6n(-c6ccc(-c7nc(-c8ccc9ccccc9c8)nc8ccc9ccccc9c78)cc6)c5c4)ccc32)cc1. The summed E-state index contributed by atoms with van der Waals surface area (Å²) in [5.74, 6) is 0.718. The van der Waals surface area contributed by atoms with Crippen LogP contribution in [0.15, 0.2) is 218 Å². The third-order valence-electron chi connectivity index (χ3n) is 12.7. The summed E-state index contributed by atoms with van der Waals surface area (Å²) in [5.41, 5.74) is 13.3. The predicted molar refractivity (Wildman–Crippen MR) is 260 cm³/mol. The molecule has 0 aliphatic rings. The normalized spacial score (nSPS) is 11.9. The molecule has 0 atom stereocenters. The van der Waals surface area contributed by atoms with Crippen LogP contribution in [0.4, 0.5) is 0 Å². The van der Waals surface area contributed by atoms with Gasteiger partial charge in [-0.15, -0.1) is 0 Å². The summed E-state index contributed by atoms with van der Waals surface area (Å²) in [4.78, 5) is 10.6. The third-order valence-corrected chi connectivity index (χ3v) is 12.7. The molecule has 0 N–H and O–H groups in total. The zero-order valence-electron chi connectivity index (χ0n) is 33.6. The molecular formula is C58H36N4. The van der Waals surface area contributed by atoms with Gasteiger partial charge in [0.25, 0.3) is 0 Å². The van der Waals surface area contributed by atoms with Crippen LogP contribution in [0.5, 0.6) is 0 Å². The third kappa shape index (κ3) is 5.33. The standard InChI is InChI=1S/C58H36N4/c1-2-15-44(16-3-1)61-53-21-11-9-19-48(53)50-35-41(28-33-54(50)61)42-26-31-49-47-18-8-10-20-52(47)62(55(49)36-42)45-29-24-39(25-30-45)57-56-46-17-7-6-13-38(46)27-32-51(56)59-58(60-57)43-23-22-37-12-4-5-14-40(37)34-43/h1-36H. The van der Waals surface area contributed by atoms with Gasteiger partial charge in [0, 0.05) is 49.4 Å². The average molecular weight is 789 g/mol. The lowest BCUT2D eigenvalue weighted by Crippen LogP contribution is -1.97. The molecule has 0 bridgehead atoms. The van der Waals surface area contributed by atoms with Gasteiger partial charge in [-0.25, -0.2) is 9.97 Å². The molecule has 0 saturated heterocycles. The number of benzene rings is 10. The lowest BCUT2D eigenvalue weighted by Gasteiger charge is -2.14. The molecule has 288 valence electrons. The second-order valence-corrected chi connectivity index (χ2v) is 16.2. The van der Waals surface area contributed by atoms with E-state index in [1.54, 1.807) is 0 Å². The van der Waals surface area contributed by atoms with Gasteiger partial charge in [0.2, 0.25) is 0 Å². The van der Waals surface area contributed by atoms with E-state index in [4.69, 9.17) is 9.97 Å². The van der Waals surface area contributed by atoms with Gasteiger partial charge in [0.1, 0.15) is 0 Å². The molecule has 0 aliphatic heterocycles. The van der Waals surface area contributed by atoms with Crippen LogP contribution in [-0.4, -0.2) is 19.1 Å². The monoisotopic (exact) mass is 788 g/mol. The van der Waals surface area contributed by atoms with Gasteiger partial charge < -0.3 is 9.13 Å². The quantitative estimate of drug-likeness (QED) is 0.163. The first kappa shape index (κ1) is 34.5. The van der Waals surface area contributed by atoms with E-state index in [0.29, 0.717) is 0 Å². The molecule has 3 heterocycles. The van der Waals surface area contributed by atoms with Gasteiger partial charge in [-0.3, -0.25) is 0 Å². The number of para-hydroxylation sites is 3. The molecule has 4 heteroatoms. The van der Waals surface area contributed by atoms with E-state index in [1.165, 1.54) is 70.9 Å². The van der Waals surface area contributed by atoms with Crippen LogP contribution < -0.4 is 0 Å². The van der Waals surface area contributed by atoms with Gasteiger partial charge in [-0.1, -0.05) is 152 Å². The van der Waals surface area contributed by atoms with E-state index in [2.05, 4.69) is 228 Å². The lowest BCUT2D eigenvalue weighted by molar-refractivity contribution is 1.18. The van der Waals surface area contributed by atoms with Gasteiger partial charge in [-0.05, 0) is 99.4 Å². The Labute approximate surface area is 357 Å². The summed E-state index contributed by atoms with van der Waals surface area (Å²) in [6.07, 6.45) is 0. The summed E-state index contributed by atoms with van der Waals surface area (Å²) in [5, 5.41) is 10.7. The first-order chi connectivity index (χ1) is 30.7. The molecule has 62 heavy (non-hydrogen) atoms. The van der Waals surface area contributed by atoms with Gasteiger partial charge in [0.15, 0.2) is 5.82 Å². The number of aromatic nitrogens is 4. The maximum atomic E-state index is 5.38. The van der Waals surface area contributed by atoms with Crippen molar-refractivity contribution >= 4 is 76.1 Å². The van der Waals surface area contributed by atoms with Crippen LogP contribution in [0.1, 0.15) is 0 Å². The number of rotatable bonds is 5. The van der Waals surface area contributed by atoms with Crippen LogP contribution in [0.3, 0.4) is 0 Å². The molecule has 0 spiro atoms. The fourth-order valence-corrected chi connectivity index (χ4v) is 9.77. The molecule has 0 saturated carbocycles. The van der Waals surface area contributed by atoms with Crippen molar-refractivity contribution in [2.45, 2.75) is 0 Å². The van der Waals surface area contributed by atoms with Crippen molar-refractivity contribution < 1.29 is 0 Å². The zero-order valence-corrected chi connectivity index (χ0v) is 33.6. The Morgan fingerprint density at radius 3 is 1.65 bits per heavy atom. The van der Waals surface area contributed by atoms with E-state index in [-0.39, 0.29) is 0 Å². The number of hydrogen-bond donors (Lipinski definition) is 0. The Morgan fingerprint density at radius 1 is 0.290 bits per heavy atom. The van der Waals surface area contributed by atoms with Crippen LogP contribution in [0.2, 0.25) is 0 Å². The van der Waals surface area contributed by atoms with Crippen molar-refractivity contribution in [3.63, 3.8) is 0 Å². The molecule has 13 aromatic rings. The smallest absolute Gasteiger partial charge is 0.160 e. The van der Waals surface area contributed by atoms with Gasteiger partial charge >= 0.3 is 0 Å². The van der Waals surface area contributed by atoms with Crippen molar-refractivity contribution in [3.8, 4) is 45.1 Å². The van der Waals surface area contributed by atoms with Crippen molar-refractivity contribution in [1.29, 1.82) is 0 Å². The molecule has 4 nitrogen and oxygen atoms in total. The molecule has 3 aromatic heterocycles. The van der Waals surface area contributed by atoms with Crippen molar-refractivity contribution in [2.75, 3.05) is 0 Å². The van der Waals surface area contributed by atoms with Crippen molar-refractivity contribution in [1.82, 2.24) is 19.1 Å². The minimum atomic E-state index is 0.718. The van der Waals surface area contributed by atoms with Crippen molar-refractivity contribution in [3.05, 3.63) is 218 Å². The highest BCUT2D eigenvalue weighted by molar-refractivity contribution is 6.14. The van der Waals surface area contributed by atoms with Crippen molar-refractivity contribution in [2.24, 2.45) is 0 Å². The minimum absolute atomic E-state index is 0.718. The minimum Gasteiger partial charge on any atom is -0.309 e. The van der Waals surface area contributed by atoms with E-state index in [1.807, 2.05) is 0 Å². The van der Waals surface area contributed by atoms with E-state index < -0.39 is 0 Å². The molecule has 13 rings (SSSR count). The second-order valence-electron chi connectivity index (χ2n) is 16.2. The first-order valence-corrected chi connectivity index (χ1v) is 21.2. The fourth-order valence-electron chi connectivity index (χ4n) is 9.77. The van der Waals surface area contributed by atoms with E-state index >= 15 is 0 Å². The van der Waals surface area contributed by atoms with Crippen LogP contribution >= 0.6 is 0 Å². The van der Waals surface area contributed by atoms with Crippen LogP contribution in [0, 0.1) is 0 Å². The van der Waals surface area contributed by atoms with E-state index in [0.717, 1.165) is 50.3 Å². The van der Waals surface area contributed by atoms with Gasteiger partial charge in [-0.2, -0.15) is 0 Å². The molecule has 0 amide bonds. The highest BCUT2D eigenvalue weighted by Gasteiger charge is 2.18. The Morgan fingerprint density at radius 2 is 0.839 bits per heavy atom. The number of hydrogen-bond acceptors (Lipinski definition) is 2. The molecule has 0 unspecified atom stereocenters. The average Bonchev–Trinajstić information content (AvgIpc) is 3.86. The van der Waals surface area contributed by atoms with Crippen LogP contribution in [-0.2, 0) is 0 Å².